The Morgan fingerprint density at radius 2 is 1.95 bits per heavy atom. The number of amides is 1. The van der Waals surface area contributed by atoms with Crippen molar-refractivity contribution in [1.29, 1.82) is 0 Å². The van der Waals surface area contributed by atoms with E-state index in [0.29, 0.717) is 0 Å². The van der Waals surface area contributed by atoms with E-state index in [2.05, 4.69) is 10.3 Å². The van der Waals surface area contributed by atoms with Crippen molar-refractivity contribution >= 4 is 17.5 Å². The van der Waals surface area contributed by atoms with Gasteiger partial charge in [0, 0.05) is 0 Å². The molecule has 4 nitrogen and oxygen atoms in total. The molecule has 2 N–H and O–H groups in total. The number of benzene rings is 1. The van der Waals surface area contributed by atoms with Gasteiger partial charge in [0.25, 0.3) is 5.91 Å². The highest BCUT2D eigenvalue weighted by Crippen LogP contribution is 2.13. The van der Waals surface area contributed by atoms with Crippen LogP contribution in [0.4, 0.5) is 0 Å². The summed E-state index contributed by atoms with van der Waals surface area (Å²) in [6.45, 7) is -0.184. The first kappa shape index (κ1) is 13.5. The van der Waals surface area contributed by atoms with E-state index in [1.54, 1.807) is 18.2 Å². The lowest BCUT2D eigenvalue weighted by molar-refractivity contribution is 0.0911. The number of hydrogen-bond donors (Lipinski definition) is 2. The molecule has 5 heteroatoms. The summed E-state index contributed by atoms with van der Waals surface area (Å²) in [5, 5.41) is 12.3. The topological polar surface area (TPSA) is 62.2 Å². The smallest absolute Gasteiger partial charge is 0.270 e. The van der Waals surface area contributed by atoms with Crippen molar-refractivity contribution in [2.24, 2.45) is 0 Å². The number of rotatable bonds is 4. The number of carbonyl (C=O) groups is 1. The van der Waals surface area contributed by atoms with Crippen LogP contribution in [-0.2, 0) is 0 Å². The zero-order valence-electron chi connectivity index (χ0n) is 10.1. The molecule has 0 spiro atoms. The molecule has 19 heavy (non-hydrogen) atoms. The lowest BCUT2D eigenvalue weighted by atomic mass is 10.1. The average molecular weight is 277 g/mol. The van der Waals surface area contributed by atoms with Gasteiger partial charge < -0.3 is 10.4 Å². The first-order valence-corrected chi connectivity index (χ1v) is 6.17. The van der Waals surface area contributed by atoms with Gasteiger partial charge in [0.15, 0.2) is 0 Å². The Bertz CT molecular complexity index is 560. The molecule has 0 aliphatic rings. The van der Waals surface area contributed by atoms with Gasteiger partial charge in [-0.2, -0.15) is 0 Å². The van der Waals surface area contributed by atoms with Gasteiger partial charge in [-0.15, -0.1) is 0 Å². The molecule has 0 aliphatic carbocycles. The third kappa shape index (κ3) is 3.53. The summed E-state index contributed by atoms with van der Waals surface area (Å²) in [6.07, 6.45) is 0. The van der Waals surface area contributed by atoms with Gasteiger partial charge in [0.2, 0.25) is 0 Å². The Morgan fingerprint density at radius 3 is 2.58 bits per heavy atom. The van der Waals surface area contributed by atoms with Crippen molar-refractivity contribution in [3.05, 3.63) is 64.9 Å². The highest BCUT2D eigenvalue weighted by atomic mass is 35.5. The van der Waals surface area contributed by atoms with Crippen molar-refractivity contribution in [2.45, 2.75) is 6.04 Å². The average Bonchev–Trinajstić information content (AvgIpc) is 2.45. The summed E-state index contributed by atoms with van der Waals surface area (Å²) in [4.78, 5) is 15.9. The summed E-state index contributed by atoms with van der Waals surface area (Å²) in [5.74, 6) is -0.370. The number of carbonyl (C=O) groups excluding carboxylic acids is 1. The molecule has 0 unspecified atom stereocenters. The van der Waals surface area contributed by atoms with Crippen LogP contribution in [0.25, 0.3) is 0 Å². The van der Waals surface area contributed by atoms with E-state index in [-0.39, 0.29) is 23.4 Å². The summed E-state index contributed by atoms with van der Waals surface area (Å²) in [6, 6.07) is 13.6. The molecule has 1 aromatic heterocycles. The second kappa shape index (κ2) is 6.31. The molecule has 0 radical (unpaired) electrons. The quantitative estimate of drug-likeness (QED) is 0.842. The van der Waals surface area contributed by atoms with E-state index in [1.807, 2.05) is 30.3 Å². The van der Waals surface area contributed by atoms with Crippen molar-refractivity contribution in [2.75, 3.05) is 6.61 Å². The van der Waals surface area contributed by atoms with Crippen LogP contribution >= 0.6 is 11.6 Å². The van der Waals surface area contributed by atoms with Crippen molar-refractivity contribution in [1.82, 2.24) is 10.3 Å². The molecule has 1 aromatic carbocycles. The van der Waals surface area contributed by atoms with Crippen LogP contribution in [0.3, 0.4) is 0 Å². The number of aliphatic hydroxyl groups excluding tert-OH is 1. The zero-order chi connectivity index (χ0) is 13.7. The van der Waals surface area contributed by atoms with Crippen molar-refractivity contribution in [3.8, 4) is 0 Å². The fourth-order valence-corrected chi connectivity index (χ4v) is 1.85. The molecule has 1 atom stereocenters. The fourth-order valence-electron chi connectivity index (χ4n) is 1.69. The lowest BCUT2D eigenvalue weighted by Crippen LogP contribution is -2.31. The van der Waals surface area contributed by atoms with Crippen LogP contribution < -0.4 is 5.32 Å². The Kier molecular flexibility index (Phi) is 4.49. The molecule has 0 saturated heterocycles. The molecule has 0 fully saturated rings. The number of nitrogens with zero attached hydrogens (tertiary/aromatic N) is 1. The standard InChI is InChI=1S/C14H13ClN2O2/c15-13-8-4-7-11(16-13)14(19)17-12(9-18)10-5-2-1-3-6-10/h1-8,12,18H,9H2,(H,17,19)/t12-/m1/s1. The van der Waals surface area contributed by atoms with Crippen molar-refractivity contribution < 1.29 is 9.90 Å². The molecule has 1 amide bonds. The molecule has 0 bridgehead atoms. The van der Waals surface area contributed by atoms with E-state index in [0.717, 1.165) is 5.56 Å². The highest BCUT2D eigenvalue weighted by molar-refractivity contribution is 6.29. The lowest BCUT2D eigenvalue weighted by Gasteiger charge is -2.16. The molecular formula is C14H13ClN2O2. The Balaban J connectivity index is 2.13. The predicted molar refractivity (Wildman–Crippen MR) is 73.0 cm³/mol. The first-order chi connectivity index (χ1) is 9.20. The third-order valence-corrected chi connectivity index (χ3v) is 2.85. The minimum absolute atomic E-state index is 0.184. The molecule has 0 aliphatic heterocycles. The molecule has 2 aromatic rings. The first-order valence-electron chi connectivity index (χ1n) is 5.80. The van der Waals surface area contributed by atoms with E-state index in [1.165, 1.54) is 0 Å². The number of halogens is 1. The molecule has 1 heterocycles. The van der Waals surface area contributed by atoms with Crippen LogP contribution in [0.5, 0.6) is 0 Å². The van der Waals surface area contributed by atoms with Gasteiger partial charge >= 0.3 is 0 Å². The van der Waals surface area contributed by atoms with Crippen molar-refractivity contribution in [3.63, 3.8) is 0 Å². The summed E-state index contributed by atoms with van der Waals surface area (Å²) in [5.41, 5.74) is 1.06. The van der Waals surface area contributed by atoms with Gasteiger partial charge in [0.1, 0.15) is 10.8 Å². The Morgan fingerprint density at radius 1 is 1.21 bits per heavy atom. The number of hydrogen-bond acceptors (Lipinski definition) is 3. The monoisotopic (exact) mass is 276 g/mol. The molecule has 2 rings (SSSR count). The van der Waals surface area contributed by atoms with Crippen LogP contribution in [0.2, 0.25) is 5.15 Å². The third-order valence-electron chi connectivity index (χ3n) is 2.64. The van der Waals surface area contributed by atoms with Gasteiger partial charge in [0.05, 0.1) is 12.6 Å². The highest BCUT2D eigenvalue weighted by Gasteiger charge is 2.15. The second-order valence-electron chi connectivity index (χ2n) is 3.96. The Labute approximate surface area is 116 Å². The SMILES string of the molecule is O=C(N[C@H](CO)c1ccccc1)c1cccc(Cl)n1. The maximum Gasteiger partial charge on any atom is 0.270 e. The van der Waals surface area contributed by atoms with E-state index < -0.39 is 6.04 Å². The number of pyridine rings is 1. The van der Waals surface area contributed by atoms with E-state index >= 15 is 0 Å². The number of aromatic nitrogens is 1. The van der Waals surface area contributed by atoms with Gasteiger partial charge in [-0.05, 0) is 17.7 Å². The van der Waals surface area contributed by atoms with Gasteiger partial charge in [-0.3, -0.25) is 4.79 Å². The fraction of sp³-hybridized carbons (Fsp3) is 0.143. The summed E-state index contributed by atoms with van der Waals surface area (Å²) >= 11 is 5.74. The molecular weight excluding hydrogens is 264 g/mol. The second-order valence-corrected chi connectivity index (χ2v) is 4.35. The van der Waals surface area contributed by atoms with Crippen LogP contribution in [0.15, 0.2) is 48.5 Å². The summed E-state index contributed by atoms with van der Waals surface area (Å²) in [7, 11) is 0. The normalized spacial score (nSPS) is 11.9. The maximum atomic E-state index is 12.0. The van der Waals surface area contributed by atoms with Gasteiger partial charge in [-0.1, -0.05) is 48.0 Å². The predicted octanol–water partition coefficient (Wildman–Crippen LogP) is 2.20. The zero-order valence-corrected chi connectivity index (χ0v) is 10.8. The Hall–Kier alpha value is -1.91. The van der Waals surface area contributed by atoms with E-state index in [4.69, 9.17) is 11.6 Å². The number of aliphatic hydroxyl groups is 1. The minimum atomic E-state index is -0.463. The van der Waals surface area contributed by atoms with E-state index in [9.17, 15) is 9.90 Å². The minimum Gasteiger partial charge on any atom is -0.394 e. The maximum absolute atomic E-state index is 12.0. The molecule has 0 saturated carbocycles. The largest absolute Gasteiger partial charge is 0.394 e. The van der Waals surface area contributed by atoms with Crippen LogP contribution in [0.1, 0.15) is 22.1 Å². The molecule has 98 valence electrons. The van der Waals surface area contributed by atoms with Crippen LogP contribution in [0, 0.1) is 0 Å². The summed E-state index contributed by atoms with van der Waals surface area (Å²) < 4.78 is 0. The number of nitrogens with one attached hydrogen (secondary N) is 1. The van der Waals surface area contributed by atoms with Gasteiger partial charge in [-0.25, -0.2) is 4.98 Å². The van der Waals surface area contributed by atoms with Crippen LogP contribution in [-0.4, -0.2) is 22.6 Å².